The highest BCUT2D eigenvalue weighted by Gasteiger charge is 2.22. The molecule has 0 radical (unpaired) electrons. The molecule has 0 amide bonds. The molecular weight excluding hydrogens is 388 g/mol. The SMILES string of the molecule is CC(=O)c1ccc(N2CC[NH+](Cc3cc(=O)oc4cc(C)c(C(C)C)cc34)CC2)cc1. The summed E-state index contributed by atoms with van der Waals surface area (Å²) in [6.45, 7) is 12.8. The van der Waals surface area contributed by atoms with E-state index in [1.54, 1.807) is 13.0 Å². The van der Waals surface area contributed by atoms with Gasteiger partial charge in [-0.15, -0.1) is 0 Å². The number of fused-ring (bicyclic) bond motifs is 1. The Kier molecular flexibility index (Phi) is 5.96. The molecule has 1 saturated heterocycles. The second-order valence-corrected chi connectivity index (χ2v) is 8.97. The van der Waals surface area contributed by atoms with Gasteiger partial charge in [-0.1, -0.05) is 13.8 Å². The molecule has 5 heteroatoms. The van der Waals surface area contributed by atoms with Crippen molar-refractivity contribution in [1.82, 2.24) is 0 Å². The van der Waals surface area contributed by atoms with E-state index in [0.717, 1.165) is 54.9 Å². The van der Waals surface area contributed by atoms with Crippen molar-refractivity contribution in [2.45, 2.75) is 40.2 Å². The Morgan fingerprint density at radius 2 is 1.77 bits per heavy atom. The molecule has 1 aliphatic rings. The molecule has 0 bridgehead atoms. The van der Waals surface area contributed by atoms with Crippen LogP contribution in [0.3, 0.4) is 0 Å². The molecule has 1 aromatic heterocycles. The van der Waals surface area contributed by atoms with Crippen molar-refractivity contribution in [3.05, 3.63) is 75.1 Å². The van der Waals surface area contributed by atoms with Crippen molar-refractivity contribution in [3.8, 4) is 0 Å². The summed E-state index contributed by atoms with van der Waals surface area (Å²) < 4.78 is 5.51. The van der Waals surface area contributed by atoms with E-state index in [9.17, 15) is 9.59 Å². The maximum absolute atomic E-state index is 12.2. The molecular formula is C26H31N2O3+. The predicted molar refractivity (Wildman–Crippen MR) is 124 cm³/mol. The number of hydrogen-bond acceptors (Lipinski definition) is 4. The number of Topliss-reactive ketones (excluding diaryl/α,β-unsaturated/α-hetero) is 1. The highest BCUT2D eigenvalue weighted by atomic mass is 16.4. The van der Waals surface area contributed by atoms with Crippen LogP contribution < -0.4 is 15.4 Å². The van der Waals surface area contributed by atoms with Crippen LogP contribution in [0, 0.1) is 6.92 Å². The largest absolute Gasteiger partial charge is 0.423 e. The lowest BCUT2D eigenvalue weighted by Crippen LogP contribution is -3.13. The molecule has 2 aromatic carbocycles. The van der Waals surface area contributed by atoms with E-state index in [4.69, 9.17) is 4.42 Å². The summed E-state index contributed by atoms with van der Waals surface area (Å²) in [6, 6.07) is 13.8. The van der Waals surface area contributed by atoms with Crippen molar-refractivity contribution in [2.24, 2.45) is 0 Å². The maximum Gasteiger partial charge on any atom is 0.336 e. The summed E-state index contributed by atoms with van der Waals surface area (Å²) in [7, 11) is 0. The lowest BCUT2D eigenvalue weighted by Gasteiger charge is -2.34. The van der Waals surface area contributed by atoms with Crippen molar-refractivity contribution in [2.75, 3.05) is 31.1 Å². The smallest absolute Gasteiger partial charge is 0.336 e. The Labute approximate surface area is 183 Å². The van der Waals surface area contributed by atoms with Crippen molar-refractivity contribution < 1.29 is 14.1 Å². The van der Waals surface area contributed by atoms with Gasteiger partial charge in [0.2, 0.25) is 0 Å². The van der Waals surface area contributed by atoms with E-state index in [2.05, 4.69) is 31.7 Å². The van der Waals surface area contributed by atoms with Gasteiger partial charge in [0.15, 0.2) is 5.78 Å². The van der Waals surface area contributed by atoms with Crippen LogP contribution in [-0.4, -0.2) is 32.0 Å². The molecule has 0 aliphatic carbocycles. The molecule has 5 nitrogen and oxygen atoms in total. The molecule has 4 rings (SSSR count). The first kappa shape index (κ1) is 21.3. The molecule has 1 fully saturated rings. The van der Waals surface area contributed by atoms with Crippen LogP contribution in [-0.2, 0) is 6.54 Å². The molecule has 2 heterocycles. The number of benzene rings is 2. The highest BCUT2D eigenvalue weighted by Crippen LogP contribution is 2.26. The van der Waals surface area contributed by atoms with E-state index in [1.165, 1.54) is 16.0 Å². The average molecular weight is 420 g/mol. The number of nitrogens with one attached hydrogen (secondary N) is 1. The standard InChI is InChI=1S/C26H30N2O3/c1-17(2)23-15-24-21(14-26(30)31-25(24)13-18(23)3)16-27-9-11-28(12-10-27)22-7-5-20(6-8-22)19(4)29/h5-8,13-15,17H,9-12,16H2,1-4H3/p+1. The third kappa shape index (κ3) is 4.57. The fraction of sp³-hybridized carbons (Fsp3) is 0.385. The van der Waals surface area contributed by atoms with Crippen LogP contribution in [0.2, 0.25) is 0 Å². The number of aryl methyl sites for hydroxylation is 1. The Balaban J connectivity index is 1.51. The minimum absolute atomic E-state index is 0.0937. The van der Waals surface area contributed by atoms with Gasteiger partial charge in [0, 0.05) is 28.3 Å². The quantitative estimate of drug-likeness (QED) is 0.509. The van der Waals surface area contributed by atoms with Gasteiger partial charge in [0.25, 0.3) is 0 Å². The van der Waals surface area contributed by atoms with Gasteiger partial charge in [-0.2, -0.15) is 0 Å². The first-order valence-electron chi connectivity index (χ1n) is 11.1. The summed E-state index contributed by atoms with van der Waals surface area (Å²) in [4.78, 5) is 27.5. The summed E-state index contributed by atoms with van der Waals surface area (Å²) in [5.74, 6) is 0.519. The number of nitrogens with zero attached hydrogens (tertiary/aromatic N) is 1. The fourth-order valence-corrected chi connectivity index (χ4v) is 4.59. The number of quaternary nitrogens is 1. The second-order valence-electron chi connectivity index (χ2n) is 8.97. The Morgan fingerprint density at radius 1 is 1.10 bits per heavy atom. The fourth-order valence-electron chi connectivity index (χ4n) is 4.59. The first-order chi connectivity index (χ1) is 14.8. The number of piperazine rings is 1. The van der Waals surface area contributed by atoms with E-state index < -0.39 is 0 Å². The highest BCUT2D eigenvalue weighted by molar-refractivity contribution is 5.94. The number of carbonyl (C=O) groups excluding carboxylic acids is 1. The van der Waals surface area contributed by atoms with Crippen LogP contribution >= 0.6 is 0 Å². The summed E-state index contributed by atoms with van der Waals surface area (Å²) in [5, 5.41) is 1.06. The molecule has 1 N–H and O–H groups in total. The Morgan fingerprint density at radius 3 is 2.39 bits per heavy atom. The molecule has 0 unspecified atom stereocenters. The number of carbonyl (C=O) groups is 1. The molecule has 31 heavy (non-hydrogen) atoms. The van der Waals surface area contributed by atoms with E-state index >= 15 is 0 Å². The topological polar surface area (TPSA) is 55.0 Å². The molecule has 162 valence electrons. The normalized spacial score (nSPS) is 15.1. The van der Waals surface area contributed by atoms with Crippen LogP contribution in [0.1, 0.15) is 53.7 Å². The Hall–Kier alpha value is -2.92. The van der Waals surface area contributed by atoms with Crippen LogP contribution in [0.15, 0.2) is 51.7 Å². The van der Waals surface area contributed by atoms with Crippen LogP contribution in [0.25, 0.3) is 11.0 Å². The molecule has 0 atom stereocenters. The maximum atomic E-state index is 12.2. The molecule has 1 aliphatic heterocycles. The monoisotopic (exact) mass is 419 g/mol. The zero-order valence-corrected chi connectivity index (χ0v) is 18.8. The third-order valence-corrected chi connectivity index (χ3v) is 6.39. The van der Waals surface area contributed by atoms with E-state index in [0.29, 0.717) is 11.5 Å². The van der Waals surface area contributed by atoms with Gasteiger partial charge in [-0.3, -0.25) is 4.79 Å². The lowest BCUT2D eigenvalue weighted by molar-refractivity contribution is -0.914. The van der Waals surface area contributed by atoms with E-state index in [1.807, 2.05) is 30.3 Å². The zero-order chi connectivity index (χ0) is 22.1. The van der Waals surface area contributed by atoms with Gasteiger partial charge in [0.05, 0.1) is 26.2 Å². The van der Waals surface area contributed by atoms with E-state index in [-0.39, 0.29) is 11.4 Å². The Bertz CT molecular complexity index is 1150. The third-order valence-electron chi connectivity index (χ3n) is 6.39. The van der Waals surface area contributed by atoms with Gasteiger partial charge in [0.1, 0.15) is 12.1 Å². The second kappa shape index (κ2) is 8.67. The van der Waals surface area contributed by atoms with Crippen molar-refractivity contribution in [1.29, 1.82) is 0 Å². The lowest BCUT2D eigenvalue weighted by atomic mass is 9.95. The van der Waals surface area contributed by atoms with Gasteiger partial charge in [-0.25, -0.2) is 4.79 Å². The van der Waals surface area contributed by atoms with Crippen molar-refractivity contribution >= 4 is 22.4 Å². The van der Waals surface area contributed by atoms with Gasteiger partial charge in [-0.05, 0) is 67.3 Å². The van der Waals surface area contributed by atoms with Crippen molar-refractivity contribution in [3.63, 3.8) is 0 Å². The average Bonchev–Trinajstić information content (AvgIpc) is 2.73. The first-order valence-corrected chi connectivity index (χ1v) is 11.1. The van der Waals surface area contributed by atoms with Gasteiger partial charge >= 0.3 is 5.63 Å². The molecule has 0 spiro atoms. The minimum Gasteiger partial charge on any atom is -0.423 e. The number of rotatable bonds is 5. The number of hydrogen-bond donors (Lipinski definition) is 1. The summed E-state index contributed by atoms with van der Waals surface area (Å²) in [5.41, 5.74) is 5.86. The zero-order valence-electron chi connectivity index (χ0n) is 18.8. The van der Waals surface area contributed by atoms with Crippen LogP contribution in [0.4, 0.5) is 5.69 Å². The predicted octanol–water partition coefficient (Wildman–Crippen LogP) is 3.33. The minimum atomic E-state index is -0.275. The summed E-state index contributed by atoms with van der Waals surface area (Å²) in [6.07, 6.45) is 0. The van der Waals surface area contributed by atoms with Crippen LogP contribution in [0.5, 0.6) is 0 Å². The van der Waals surface area contributed by atoms with Gasteiger partial charge < -0.3 is 14.2 Å². The summed E-state index contributed by atoms with van der Waals surface area (Å²) >= 11 is 0. The number of anilines is 1. The molecule has 3 aromatic rings. The number of ketones is 1. The molecule has 0 saturated carbocycles.